The van der Waals surface area contributed by atoms with E-state index in [9.17, 15) is 13.2 Å². The maximum Gasteiger partial charge on any atom is 0.392 e. The SMILES string of the molecule is COc1ccc(CNCC(C)C)cc1OCCC(F)(F)F. The zero-order chi connectivity index (χ0) is 15.9. The van der Waals surface area contributed by atoms with Gasteiger partial charge in [-0.15, -0.1) is 0 Å². The molecule has 0 unspecified atom stereocenters. The smallest absolute Gasteiger partial charge is 0.392 e. The predicted molar refractivity (Wildman–Crippen MR) is 75.7 cm³/mol. The molecule has 0 aliphatic rings. The summed E-state index contributed by atoms with van der Waals surface area (Å²) in [7, 11) is 1.46. The minimum absolute atomic E-state index is 0.339. The number of rotatable bonds is 8. The highest BCUT2D eigenvalue weighted by atomic mass is 19.4. The molecule has 1 aromatic carbocycles. The zero-order valence-corrected chi connectivity index (χ0v) is 12.6. The van der Waals surface area contributed by atoms with Crippen LogP contribution in [0.1, 0.15) is 25.8 Å². The maximum atomic E-state index is 12.1. The Kier molecular flexibility index (Phi) is 6.81. The van der Waals surface area contributed by atoms with Gasteiger partial charge >= 0.3 is 6.18 Å². The first kappa shape index (κ1) is 17.6. The van der Waals surface area contributed by atoms with Gasteiger partial charge in [0.15, 0.2) is 11.5 Å². The van der Waals surface area contributed by atoms with Gasteiger partial charge in [-0.05, 0) is 30.2 Å². The Morgan fingerprint density at radius 3 is 2.48 bits per heavy atom. The van der Waals surface area contributed by atoms with Gasteiger partial charge in [0.25, 0.3) is 0 Å². The number of methoxy groups -OCH3 is 1. The molecule has 6 heteroatoms. The minimum atomic E-state index is -4.22. The molecule has 0 bridgehead atoms. The van der Waals surface area contributed by atoms with E-state index >= 15 is 0 Å². The summed E-state index contributed by atoms with van der Waals surface area (Å²) in [5, 5.41) is 3.27. The fourth-order valence-electron chi connectivity index (χ4n) is 1.73. The second kappa shape index (κ2) is 8.12. The lowest BCUT2D eigenvalue weighted by atomic mass is 10.2. The Labute approximate surface area is 123 Å². The normalized spacial score (nSPS) is 11.8. The van der Waals surface area contributed by atoms with Crippen LogP contribution in [0.15, 0.2) is 18.2 Å². The molecule has 1 N–H and O–H groups in total. The fourth-order valence-corrected chi connectivity index (χ4v) is 1.73. The Morgan fingerprint density at radius 2 is 1.90 bits per heavy atom. The third-order valence-corrected chi connectivity index (χ3v) is 2.75. The van der Waals surface area contributed by atoms with E-state index in [-0.39, 0.29) is 0 Å². The van der Waals surface area contributed by atoms with Crippen molar-refractivity contribution in [2.45, 2.75) is 33.0 Å². The number of benzene rings is 1. The number of alkyl halides is 3. The molecule has 0 saturated carbocycles. The van der Waals surface area contributed by atoms with Gasteiger partial charge in [0, 0.05) is 6.54 Å². The van der Waals surface area contributed by atoms with Gasteiger partial charge in [-0.2, -0.15) is 13.2 Å². The topological polar surface area (TPSA) is 30.5 Å². The Morgan fingerprint density at radius 1 is 1.19 bits per heavy atom. The van der Waals surface area contributed by atoms with Crippen LogP contribution < -0.4 is 14.8 Å². The van der Waals surface area contributed by atoms with Gasteiger partial charge in [0.2, 0.25) is 0 Å². The molecule has 0 aliphatic heterocycles. The third kappa shape index (κ3) is 7.22. The van der Waals surface area contributed by atoms with Crippen molar-refractivity contribution in [1.29, 1.82) is 0 Å². The van der Waals surface area contributed by atoms with E-state index in [2.05, 4.69) is 19.2 Å². The average Bonchev–Trinajstić information content (AvgIpc) is 2.37. The predicted octanol–water partition coefficient (Wildman–Crippen LogP) is 3.77. The van der Waals surface area contributed by atoms with E-state index in [0.29, 0.717) is 24.0 Å². The van der Waals surface area contributed by atoms with Crippen molar-refractivity contribution in [2.75, 3.05) is 20.3 Å². The molecule has 0 amide bonds. The summed E-state index contributed by atoms with van der Waals surface area (Å²) in [6, 6.07) is 5.28. The molecule has 21 heavy (non-hydrogen) atoms. The first-order chi connectivity index (χ1) is 9.81. The van der Waals surface area contributed by atoms with Gasteiger partial charge in [0.05, 0.1) is 20.1 Å². The zero-order valence-electron chi connectivity index (χ0n) is 12.6. The standard InChI is InChI=1S/C15H22F3NO2/c1-11(2)9-19-10-12-4-5-13(20-3)14(8-12)21-7-6-15(16,17)18/h4-5,8,11,19H,6-7,9-10H2,1-3H3. The number of nitrogens with one attached hydrogen (secondary N) is 1. The second-order valence-electron chi connectivity index (χ2n) is 5.22. The summed E-state index contributed by atoms with van der Waals surface area (Å²) in [5.74, 6) is 1.31. The highest BCUT2D eigenvalue weighted by Gasteiger charge is 2.27. The molecular weight excluding hydrogens is 283 g/mol. The van der Waals surface area contributed by atoms with E-state index in [4.69, 9.17) is 9.47 Å². The monoisotopic (exact) mass is 305 g/mol. The number of ether oxygens (including phenoxy) is 2. The summed E-state index contributed by atoms with van der Waals surface area (Å²) in [6.45, 7) is 5.30. The second-order valence-corrected chi connectivity index (χ2v) is 5.22. The van der Waals surface area contributed by atoms with Crippen LogP contribution in [0.4, 0.5) is 13.2 Å². The van der Waals surface area contributed by atoms with E-state index in [0.717, 1.165) is 12.1 Å². The Hall–Kier alpha value is -1.43. The molecule has 0 heterocycles. The summed E-state index contributed by atoms with van der Waals surface area (Å²) in [6.07, 6.45) is -5.20. The number of hydrogen-bond acceptors (Lipinski definition) is 3. The summed E-state index contributed by atoms with van der Waals surface area (Å²) < 4.78 is 46.7. The summed E-state index contributed by atoms with van der Waals surface area (Å²) >= 11 is 0. The molecule has 0 aromatic heterocycles. The van der Waals surface area contributed by atoms with Gasteiger partial charge < -0.3 is 14.8 Å². The summed E-state index contributed by atoms with van der Waals surface area (Å²) in [4.78, 5) is 0. The van der Waals surface area contributed by atoms with Crippen molar-refractivity contribution < 1.29 is 22.6 Å². The maximum absolute atomic E-state index is 12.1. The fraction of sp³-hybridized carbons (Fsp3) is 0.600. The molecule has 0 atom stereocenters. The lowest BCUT2D eigenvalue weighted by Crippen LogP contribution is -2.19. The van der Waals surface area contributed by atoms with Crippen LogP contribution in [0.25, 0.3) is 0 Å². The Balaban J connectivity index is 2.62. The molecule has 0 fully saturated rings. The van der Waals surface area contributed by atoms with Gasteiger partial charge in [-0.25, -0.2) is 0 Å². The van der Waals surface area contributed by atoms with Crippen LogP contribution in [0, 0.1) is 5.92 Å². The number of hydrogen-bond donors (Lipinski definition) is 1. The minimum Gasteiger partial charge on any atom is -0.493 e. The summed E-state index contributed by atoms with van der Waals surface area (Å²) in [5.41, 5.74) is 0.943. The van der Waals surface area contributed by atoms with Crippen molar-refractivity contribution >= 4 is 0 Å². The lowest BCUT2D eigenvalue weighted by molar-refractivity contribution is -0.139. The Bertz CT molecular complexity index is 433. The van der Waals surface area contributed by atoms with Crippen molar-refractivity contribution in [1.82, 2.24) is 5.32 Å². The molecule has 120 valence electrons. The highest BCUT2D eigenvalue weighted by molar-refractivity contribution is 5.42. The van der Waals surface area contributed by atoms with E-state index in [1.807, 2.05) is 6.07 Å². The molecule has 0 spiro atoms. The van der Waals surface area contributed by atoms with Gasteiger partial charge in [-0.1, -0.05) is 19.9 Å². The van der Waals surface area contributed by atoms with Crippen LogP contribution in [-0.4, -0.2) is 26.4 Å². The number of halogens is 3. The molecule has 0 saturated heterocycles. The highest BCUT2D eigenvalue weighted by Crippen LogP contribution is 2.29. The molecular formula is C15H22F3NO2. The van der Waals surface area contributed by atoms with E-state index in [1.54, 1.807) is 12.1 Å². The van der Waals surface area contributed by atoms with Crippen molar-refractivity contribution in [3.8, 4) is 11.5 Å². The third-order valence-electron chi connectivity index (χ3n) is 2.75. The first-order valence-electron chi connectivity index (χ1n) is 6.89. The van der Waals surface area contributed by atoms with Gasteiger partial charge in [-0.3, -0.25) is 0 Å². The molecule has 0 radical (unpaired) electrons. The van der Waals surface area contributed by atoms with Crippen molar-refractivity contribution in [3.63, 3.8) is 0 Å². The van der Waals surface area contributed by atoms with Crippen molar-refractivity contribution in [3.05, 3.63) is 23.8 Å². The lowest BCUT2D eigenvalue weighted by Gasteiger charge is -2.14. The van der Waals surface area contributed by atoms with Crippen LogP contribution in [0.5, 0.6) is 11.5 Å². The average molecular weight is 305 g/mol. The molecule has 1 rings (SSSR count). The van der Waals surface area contributed by atoms with Gasteiger partial charge in [0.1, 0.15) is 0 Å². The van der Waals surface area contributed by atoms with Crippen LogP contribution >= 0.6 is 0 Å². The first-order valence-corrected chi connectivity index (χ1v) is 6.89. The van der Waals surface area contributed by atoms with E-state index < -0.39 is 19.2 Å². The van der Waals surface area contributed by atoms with Crippen LogP contribution in [-0.2, 0) is 6.54 Å². The van der Waals surface area contributed by atoms with Crippen LogP contribution in [0.2, 0.25) is 0 Å². The van der Waals surface area contributed by atoms with Crippen molar-refractivity contribution in [2.24, 2.45) is 5.92 Å². The quantitative estimate of drug-likeness (QED) is 0.793. The largest absolute Gasteiger partial charge is 0.493 e. The molecule has 3 nitrogen and oxygen atoms in total. The molecule has 1 aromatic rings. The molecule has 0 aliphatic carbocycles. The van der Waals surface area contributed by atoms with E-state index in [1.165, 1.54) is 7.11 Å². The van der Waals surface area contributed by atoms with Crippen LogP contribution in [0.3, 0.4) is 0 Å².